The van der Waals surface area contributed by atoms with Crippen LogP contribution in [0.4, 0.5) is 0 Å². The van der Waals surface area contributed by atoms with Crippen molar-refractivity contribution in [2.24, 2.45) is 0 Å². The minimum atomic E-state index is 0.394. The van der Waals surface area contributed by atoms with E-state index in [1.165, 1.54) is 19.0 Å². The van der Waals surface area contributed by atoms with Crippen LogP contribution in [0, 0.1) is 0 Å². The van der Waals surface area contributed by atoms with E-state index in [1.54, 1.807) is 0 Å². The molecule has 0 nitrogen and oxygen atoms in total. The van der Waals surface area contributed by atoms with Crippen LogP contribution in [0.25, 0.3) is 0 Å². The summed E-state index contributed by atoms with van der Waals surface area (Å²) in [5.74, 6) is 0. The van der Waals surface area contributed by atoms with Gasteiger partial charge in [-0.2, -0.15) is 0 Å². The van der Waals surface area contributed by atoms with Crippen molar-refractivity contribution in [3.63, 3.8) is 0 Å². The van der Waals surface area contributed by atoms with E-state index >= 15 is 0 Å². The zero-order chi connectivity index (χ0) is 5.70. The predicted octanol–water partition coefficient (Wildman–Crippen LogP) is 2.53. The maximum atomic E-state index is 2.34. The number of hydrogen-bond donors (Lipinski definition) is 0. The van der Waals surface area contributed by atoms with E-state index in [9.17, 15) is 0 Å². The third-order valence-electron chi connectivity index (χ3n) is 0.959. The lowest BCUT2D eigenvalue weighted by molar-refractivity contribution is 0.892. The van der Waals surface area contributed by atoms with Crippen LogP contribution in [0.15, 0.2) is 0 Å². The standard InChI is InChI=1S/C6H15P/c1-4-5-6-7(2)3/h4-6H2,1-3H3. The second kappa shape index (κ2) is 4.59. The Kier molecular flexibility index (Phi) is 4.87. The summed E-state index contributed by atoms with van der Waals surface area (Å²) in [6.07, 6.45) is 4.26. The molecule has 44 valence electrons. The van der Waals surface area contributed by atoms with Gasteiger partial charge in [-0.25, -0.2) is 0 Å². The predicted molar refractivity (Wildman–Crippen MR) is 38.5 cm³/mol. The molecule has 0 amide bonds. The Morgan fingerprint density at radius 1 is 1.29 bits per heavy atom. The van der Waals surface area contributed by atoms with E-state index in [-0.39, 0.29) is 0 Å². The fraction of sp³-hybridized carbons (Fsp3) is 1.00. The first-order valence-electron chi connectivity index (χ1n) is 2.92. The molecule has 0 unspecified atom stereocenters. The highest BCUT2D eigenvalue weighted by Gasteiger charge is 1.87. The zero-order valence-electron chi connectivity index (χ0n) is 5.57. The highest BCUT2D eigenvalue weighted by Crippen LogP contribution is 2.25. The van der Waals surface area contributed by atoms with Crippen LogP contribution in [0.5, 0.6) is 0 Å². The second-order valence-electron chi connectivity index (χ2n) is 2.16. The van der Waals surface area contributed by atoms with E-state index in [4.69, 9.17) is 0 Å². The first-order chi connectivity index (χ1) is 3.27. The van der Waals surface area contributed by atoms with Gasteiger partial charge in [-0.05, 0) is 25.9 Å². The van der Waals surface area contributed by atoms with E-state index in [0.717, 1.165) is 0 Å². The molecule has 0 aliphatic carbocycles. The Balaban J connectivity index is 2.68. The summed E-state index contributed by atoms with van der Waals surface area (Å²) in [5.41, 5.74) is 0. The molecule has 0 spiro atoms. The number of unbranched alkanes of at least 4 members (excludes halogenated alkanes) is 1. The van der Waals surface area contributed by atoms with Gasteiger partial charge in [0.05, 0.1) is 0 Å². The summed E-state index contributed by atoms with van der Waals surface area (Å²) >= 11 is 0. The second-order valence-corrected chi connectivity index (χ2v) is 4.76. The largest absolute Gasteiger partial charge is 0.113 e. The van der Waals surface area contributed by atoms with Crippen LogP contribution in [0.2, 0.25) is 0 Å². The molecule has 0 atom stereocenters. The Labute approximate surface area is 48.1 Å². The van der Waals surface area contributed by atoms with Crippen LogP contribution in [0.3, 0.4) is 0 Å². The van der Waals surface area contributed by atoms with Crippen molar-refractivity contribution in [1.82, 2.24) is 0 Å². The van der Waals surface area contributed by atoms with E-state index in [1.807, 2.05) is 0 Å². The van der Waals surface area contributed by atoms with Gasteiger partial charge in [0.2, 0.25) is 0 Å². The molecule has 0 aliphatic heterocycles. The first kappa shape index (κ1) is 7.43. The van der Waals surface area contributed by atoms with E-state index in [2.05, 4.69) is 20.3 Å². The normalized spacial score (nSPS) is 10.3. The smallest absolute Gasteiger partial charge is 0.0331 e. The Morgan fingerprint density at radius 2 is 1.86 bits per heavy atom. The molecular formula is C6H15P. The summed E-state index contributed by atoms with van der Waals surface area (Å²) in [6.45, 7) is 6.93. The summed E-state index contributed by atoms with van der Waals surface area (Å²) in [7, 11) is 0.394. The monoisotopic (exact) mass is 118 g/mol. The van der Waals surface area contributed by atoms with Crippen molar-refractivity contribution in [1.29, 1.82) is 0 Å². The molecule has 0 aliphatic rings. The van der Waals surface area contributed by atoms with Crippen molar-refractivity contribution in [3.8, 4) is 0 Å². The van der Waals surface area contributed by atoms with E-state index < -0.39 is 0 Å². The first-order valence-corrected chi connectivity index (χ1v) is 5.34. The topological polar surface area (TPSA) is 0 Å². The van der Waals surface area contributed by atoms with Gasteiger partial charge in [-0.3, -0.25) is 0 Å². The maximum Gasteiger partial charge on any atom is -0.0331 e. The van der Waals surface area contributed by atoms with Crippen molar-refractivity contribution in [2.45, 2.75) is 19.8 Å². The quantitative estimate of drug-likeness (QED) is 0.499. The average Bonchev–Trinajstić information content (AvgIpc) is 1.61. The van der Waals surface area contributed by atoms with Crippen molar-refractivity contribution < 1.29 is 0 Å². The summed E-state index contributed by atoms with van der Waals surface area (Å²) < 4.78 is 0. The molecule has 0 fully saturated rings. The van der Waals surface area contributed by atoms with Gasteiger partial charge in [0.1, 0.15) is 0 Å². The molecule has 0 radical (unpaired) electrons. The fourth-order valence-electron chi connectivity index (χ4n) is 0.474. The van der Waals surface area contributed by atoms with Crippen LogP contribution >= 0.6 is 7.92 Å². The van der Waals surface area contributed by atoms with Crippen LogP contribution in [-0.2, 0) is 0 Å². The van der Waals surface area contributed by atoms with Gasteiger partial charge in [0, 0.05) is 0 Å². The average molecular weight is 118 g/mol. The molecule has 0 heterocycles. The number of hydrogen-bond acceptors (Lipinski definition) is 0. The lowest BCUT2D eigenvalue weighted by atomic mass is 10.4. The van der Waals surface area contributed by atoms with Crippen LogP contribution < -0.4 is 0 Å². The molecule has 0 bridgehead atoms. The Hall–Kier alpha value is 0.430. The SMILES string of the molecule is CCCCP(C)C. The van der Waals surface area contributed by atoms with Crippen molar-refractivity contribution in [3.05, 3.63) is 0 Å². The Morgan fingerprint density at radius 3 is 2.00 bits per heavy atom. The van der Waals surface area contributed by atoms with Crippen molar-refractivity contribution >= 4 is 7.92 Å². The van der Waals surface area contributed by atoms with Crippen LogP contribution in [-0.4, -0.2) is 19.5 Å². The third-order valence-corrected chi connectivity index (χ3v) is 2.17. The molecule has 0 saturated heterocycles. The molecular weight excluding hydrogens is 103 g/mol. The fourth-order valence-corrected chi connectivity index (χ4v) is 1.42. The summed E-state index contributed by atoms with van der Waals surface area (Å²) in [4.78, 5) is 0. The highest BCUT2D eigenvalue weighted by atomic mass is 31.1. The summed E-state index contributed by atoms with van der Waals surface area (Å²) in [6, 6.07) is 0. The van der Waals surface area contributed by atoms with Gasteiger partial charge in [-0.1, -0.05) is 13.3 Å². The van der Waals surface area contributed by atoms with Gasteiger partial charge in [0.25, 0.3) is 0 Å². The van der Waals surface area contributed by atoms with Gasteiger partial charge >= 0.3 is 0 Å². The highest BCUT2D eigenvalue weighted by molar-refractivity contribution is 7.55. The van der Waals surface area contributed by atoms with Gasteiger partial charge in [0.15, 0.2) is 0 Å². The molecule has 0 N–H and O–H groups in total. The third kappa shape index (κ3) is 6.43. The minimum absolute atomic E-state index is 0.394. The van der Waals surface area contributed by atoms with Crippen LogP contribution in [0.1, 0.15) is 19.8 Å². The lowest BCUT2D eigenvalue weighted by Gasteiger charge is -2.00. The molecule has 0 aromatic rings. The zero-order valence-corrected chi connectivity index (χ0v) is 6.46. The molecule has 0 aromatic heterocycles. The molecule has 7 heavy (non-hydrogen) atoms. The van der Waals surface area contributed by atoms with E-state index in [0.29, 0.717) is 7.92 Å². The van der Waals surface area contributed by atoms with Gasteiger partial charge < -0.3 is 0 Å². The molecule has 0 rings (SSSR count). The molecule has 0 aromatic carbocycles. The minimum Gasteiger partial charge on any atom is -0.113 e. The summed E-state index contributed by atoms with van der Waals surface area (Å²) in [5, 5.41) is 0. The maximum absolute atomic E-state index is 2.34. The van der Waals surface area contributed by atoms with Gasteiger partial charge in [-0.15, -0.1) is 7.92 Å². The molecule has 0 saturated carbocycles. The molecule has 1 heteroatoms. The number of rotatable bonds is 3. The van der Waals surface area contributed by atoms with Crippen molar-refractivity contribution in [2.75, 3.05) is 19.5 Å². The Bertz CT molecular complexity index is 33.2. The lowest BCUT2D eigenvalue weighted by Crippen LogP contribution is -1.77.